The third kappa shape index (κ3) is 2.40. The number of carbonyl (C=O) groups is 2. The van der Waals surface area contributed by atoms with Crippen molar-refractivity contribution in [2.45, 2.75) is 64.9 Å². The monoisotopic (exact) mass is 344 g/mol. The van der Waals surface area contributed by atoms with Crippen molar-refractivity contribution < 1.29 is 19.1 Å². The smallest absolute Gasteiger partial charge is 0.438 e. The molecule has 4 rings (SSSR count). The van der Waals surface area contributed by atoms with E-state index in [2.05, 4.69) is 19.9 Å². The van der Waals surface area contributed by atoms with Crippen LogP contribution in [-0.2, 0) is 14.3 Å². The van der Waals surface area contributed by atoms with Gasteiger partial charge in [-0.25, -0.2) is 4.79 Å². The Hall–Kier alpha value is -1.58. The molecule has 5 atom stereocenters. The molecule has 0 radical (unpaired) electrons. The highest BCUT2D eigenvalue weighted by Crippen LogP contribution is 2.63. The average Bonchev–Trinajstić information content (AvgIpc) is 2.92. The highest BCUT2D eigenvalue weighted by Gasteiger charge is 2.57. The molecule has 0 aromatic rings. The van der Waals surface area contributed by atoms with Gasteiger partial charge >= 0.3 is 6.16 Å². The van der Waals surface area contributed by atoms with Crippen LogP contribution >= 0.6 is 0 Å². The highest BCUT2D eigenvalue weighted by molar-refractivity contribution is 5.92. The minimum atomic E-state index is -0.562. The molecule has 4 aliphatic carbocycles. The summed E-state index contributed by atoms with van der Waals surface area (Å²) in [6.07, 6.45) is 10.5. The predicted molar refractivity (Wildman–Crippen MR) is 94.0 cm³/mol. The van der Waals surface area contributed by atoms with Gasteiger partial charge in [0.2, 0.25) is 0 Å². The summed E-state index contributed by atoms with van der Waals surface area (Å²) >= 11 is 0. The molecule has 25 heavy (non-hydrogen) atoms. The molecule has 0 bridgehead atoms. The van der Waals surface area contributed by atoms with Crippen LogP contribution in [0.3, 0.4) is 0 Å². The average molecular weight is 344 g/mol. The Morgan fingerprint density at radius 1 is 1.20 bits per heavy atom. The SMILES string of the molecule is COC(=O)OC1CCC2C3CCC4=CC(=O)CC[C@]4(C)C3=CC[C@]12C. The van der Waals surface area contributed by atoms with Crippen molar-refractivity contribution in [1.29, 1.82) is 0 Å². The largest absolute Gasteiger partial charge is 0.508 e. The summed E-state index contributed by atoms with van der Waals surface area (Å²) in [5.41, 5.74) is 2.97. The lowest BCUT2D eigenvalue weighted by Gasteiger charge is -2.53. The molecule has 2 saturated carbocycles. The molecule has 136 valence electrons. The summed E-state index contributed by atoms with van der Waals surface area (Å²) < 4.78 is 10.3. The van der Waals surface area contributed by atoms with Crippen molar-refractivity contribution in [3.63, 3.8) is 0 Å². The molecular formula is C21H28O4. The third-order valence-corrected chi connectivity index (χ3v) is 7.65. The van der Waals surface area contributed by atoms with Gasteiger partial charge in [0.05, 0.1) is 7.11 Å². The van der Waals surface area contributed by atoms with Crippen molar-refractivity contribution in [3.8, 4) is 0 Å². The molecule has 0 aromatic heterocycles. The molecule has 0 N–H and O–H groups in total. The van der Waals surface area contributed by atoms with Gasteiger partial charge < -0.3 is 9.47 Å². The van der Waals surface area contributed by atoms with E-state index in [4.69, 9.17) is 9.47 Å². The first-order valence-electron chi connectivity index (χ1n) is 9.57. The van der Waals surface area contributed by atoms with Gasteiger partial charge in [0.25, 0.3) is 0 Å². The van der Waals surface area contributed by atoms with E-state index in [9.17, 15) is 9.59 Å². The van der Waals surface area contributed by atoms with Gasteiger partial charge in [-0.3, -0.25) is 4.79 Å². The standard InChI is InChI=1S/C21H28O4/c1-20-10-8-14(22)12-13(20)4-5-15-16-6-7-18(25-19(23)24-3)21(16,2)11-9-17(15)20/h9,12,15-16,18H,4-8,10-11H2,1-3H3/t15?,16?,18?,20-,21-/m0/s1. The van der Waals surface area contributed by atoms with Gasteiger partial charge in [0.15, 0.2) is 5.78 Å². The second kappa shape index (κ2) is 5.72. The number of hydrogen-bond acceptors (Lipinski definition) is 4. The molecule has 4 aliphatic rings. The maximum Gasteiger partial charge on any atom is 0.508 e. The number of allylic oxidation sites excluding steroid dienone is 4. The summed E-state index contributed by atoms with van der Waals surface area (Å²) in [6, 6.07) is 0. The van der Waals surface area contributed by atoms with E-state index in [-0.39, 0.29) is 16.9 Å². The number of methoxy groups -OCH3 is 1. The van der Waals surface area contributed by atoms with Gasteiger partial charge in [0.1, 0.15) is 6.10 Å². The Labute approximate surface area is 149 Å². The Bertz CT molecular complexity index is 675. The van der Waals surface area contributed by atoms with E-state index < -0.39 is 6.16 Å². The Morgan fingerprint density at radius 2 is 2.00 bits per heavy atom. The summed E-state index contributed by atoms with van der Waals surface area (Å²) in [6.45, 7) is 4.62. The van der Waals surface area contributed by atoms with Crippen molar-refractivity contribution in [1.82, 2.24) is 0 Å². The molecule has 0 amide bonds. The first-order valence-corrected chi connectivity index (χ1v) is 9.57. The van der Waals surface area contributed by atoms with Crippen LogP contribution in [0.4, 0.5) is 4.79 Å². The molecule has 0 saturated heterocycles. The summed E-state index contributed by atoms with van der Waals surface area (Å²) in [4.78, 5) is 23.5. The molecule has 0 aliphatic heterocycles. The molecule has 3 unspecified atom stereocenters. The van der Waals surface area contributed by atoms with Crippen molar-refractivity contribution >= 4 is 11.9 Å². The maximum absolute atomic E-state index is 11.9. The lowest BCUT2D eigenvalue weighted by molar-refractivity contribution is -0.115. The van der Waals surface area contributed by atoms with E-state index in [0.29, 0.717) is 24.0 Å². The zero-order chi connectivity index (χ0) is 17.8. The fourth-order valence-electron chi connectivity index (χ4n) is 6.17. The highest BCUT2D eigenvalue weighted by atomic mass is 16.7. The quantitative estimate of drug-likeness (QED) is 0.516. The van der Waals surface area contributed by atoms with E-state index in [1.807, 2.05) is 6.08 Å². The van der Waals surface area contributed by atoms with Crippen LogP contribution in [0.2, 0.25) is 0 Å². The summed E-state index contributed by atoms with van der Waals surface area (Å²) in [7, 11) is 1.37. The topological polar surface area (TPSA) is 52.6 Å². The van der Waals surface area contributed by atoms with Crippen LogP contribution in [-0.4, -0.2) is 25.2 Å². The van der Waals surface area contributed by atoms with Gasteiger partial charge in [-0.15, -0.1) is 0 Å². The zero-order valence-corrected chi connectivity index (χ0v) is 15.5. The third-order valence-electron chi connectivity index (χ3n) is 7.65. The van der Waals surface area contributed by atoms with Crippen LogP contribution in [0.25, 0.3) is 0 Å². The van der Waals surface area contributed by atoms with E-state index >= 15 is 0 Å². The van der Waals surface area contributed by atoms with Gasteiger partial charge in [-0.1, -0.05) is 31.1 Å². The predicted octanol–water partition coefficient (Wildman–Crippen LogP) is 4.59. The number of rotatable bonds is 1. The zero-order valence-electron chi connectivity index (χ0n) is 15.5. The minimum Gasteiger partial charge on any atom is -0.438 e. The summed E-state index contributed by atoms with van der Waals surface area (Å²) in [5.74, 6) is 1.40. The van der Waals surface area contributed by atoms with E-state index in [1.165, 1.54) is 12.7 Å². The molecule has 0 aromatic carbocycles. The lowest BCUT2D eigenvalue weighted by atomic mass is 9.52. The van der Waals surface area contributed by atoms with Gasteiger partial charge in [-0.05, 0) is 56.4 Å². The minimum absolute atomic E-state index is 0.00439. The van der Waals surface area contributed by atoms with Crippen LogP contribution < -0.4 is 0 Å². The Kier molecular flexibility index (Phi) is 3.86. The molecular weight excluding hydrogens is 316 g/mol. The Balaban J connectivity index is 1.66. The number of carbonyl (C=O) groups excluding carboxylic acids is 2. The van der Waals surface area contributed by atoms with Crippen LogP contribution in [0.5, 0.6) is 0 Å². The maximum atomic E-state index is 11.9. The first-order chi connectivity index (χ1) is 11.9. The molecule has 0 spiro atoms. The van der Waals surface area contributed by atoms with Crippen LogP contribution in [0, 0.1) is 22.7 Å². The van der Waals surface area contributed by atoms with E-state index in [0.717, 1.165) is 38.5 Å². The first kappa shape index (κ1) is 16.9. The molecule has 2 fully saturated rings. The number of ether oxygens (including phenoxy) is 2. The fraction of sp³-hybridized carbons (Fsp3) is 0.714. The Morgan fingerprint density at radius 3 is 2.76 bits per heavy atom. The van der Waals surface area contributed by atoms with Gasteiger partial charge in [-0.2, -0.15) is 0 Å². The molecule has 4 heteroatoms. The number of hydrogen-bond donors (Lipinski definition) is 0. The van der Waals surface area contributed by atoms with E-state index in [1.54, 1.807) is 5.57 Å². The number of fused-ring (bicyclic) bond motifs is 5. The second-order valence-corrected chi connectivity index (χ2v) is 8.73. The lowest BCUT2D eigenvalue weighted by Crippen LogP contribution is -2.46. The van der Waals surface area contributed by atoms with Crippen LogP contribution in [0.15, 0.2) is 23.3 Å². The van der Waals surface area contributed by atoms with Crippen LogP contribution in [0.1, 0.15) is 58.8 Å². The van der Waals surface area contributed by atoms with Crippen molar-refractivity contribution in [3.05, 3.63) is 23.3 Å². The number of ketones is 1. The fourth-order valence-corrected chi connectivity index (χ4v) is 6.17. The molecule has 4 nitrogen and oxygen atoms in total. The van der Waals surface area contributed by atoms with Gasteiger partial charge in [0, 0.05) is 17.3 Å². The second-order valence-electron chi connectivity index (χ2n) is 8.73. The van der Waals surface area contributed by atoms with Crippen molar-refractivity contribution in [2.24, 2.45) is 22.7 Å². The molecule has 0 heterocycles. The van der Waals surface area contributed by atoms with Crippen molar-refractivity contribution in [2.75, 3.05) is 7.11 Å². The summed E-state index contributed by atoms with van der Waals surface area (Å²) in [5, 5.41) is 0. The normalized spacial score (nSPS) is 42.5.